The van der Waals surface area contributed by atoms with Crippen molar-refractivity contribution >= 4 is 5.97 Å². The first kappa shape index (κ1) is 61.1. The normalized spacial score (nSPS) is 26.5. The third kappa shape index (κ3) is 28.4. The predicted molar refractivity (Wildman–Crippen MR) is 261 cm³/mol. The number of hydrogen-bond donors (Lipinski definition) is 7. The van der Waals surface area contributed by atoms with Gasteiger partial charge in [0, 0.05) is 13.0 Å². The molecule has 2 aliphatic rings. The standard InChI is InChI=1S/C53H94O14/c1-3-5-7-9-11-13-15-17-18-19-20-21-22-23-25-27-29-31-33-35-37-62-39-42(65-45(55)36-34-32-30-28-26-24-16-14-12-10-8-6-4-2)40-63-52-51(61)49(59)47(57)44(67-52)41-64-53-50(60)48(58)46(56)43(38-54)66-53/h8,10-11,13-14,16-18,42-44,46-54,56-61H,3-7,9,12,15,19-41H2,1-2H3/b10-8-,13-11-,16-14-,18-17-. The Morgan fingerprint density at radius 2 is 0.955 bits per heavy atom. The van der Waals surface area contributed by atoms with Crippen LogP contribution in [0.4, 0.5) is 0 Å². The number of carbonyl (C=O) groups excluding carboxylic acids is 1. The Hall–Kier alpha value is -2.05. The van der Waals surface area contributed by atoms with E-state index < -0.39 is 86.7 Å². The van der Waals surface area contributed by atoms with E-state index in [0.717, 1.165) is 70.6 Å². The van der Waals surface area contributed by atoms with Crippen molar-refractivity contribution in [2.75, 3.05) is 33.0 Å². The number of esters is 1. The third-order valence-electron chi connectivity index (χ3n) is 12.3. The summed E-state index contributed by atoms with van der Waals surface area (Å²) in [4.78, 5) is 13.0. The molecule has 0 aromatic carbocycles. The molecule has 0 amide bonds. The summed E-state index contributed by atoms with van der Waals surface area (Å²) in [6.45, 7) is 3.57. The molecule has 2 heterocycles. The van der Waals surface area contributed by atoms with Crippen molar-refractivity contribution in [3.8, 4) is 0 Å². The Bertz CT molecular complexity index is 1290. The minimum absolute atomic E-state index is 0.0528. The van der Waals surface area contributed by atoms with Crippen LogP contribution in [0.25, 0.3) is 0 Å². The molecule has 14 heteroatoms. The van der Waals surface area contributed by atoms with Crippen molar-refractivity contribution in [3.05, 3.63) is 48.6 Å². The molecule has 11 unspecified atom stereocenters. The molecule has 0 saturated carbocycles. The Kier molecular flexibility index (Phi) is 37.1. The van der Waals surface area contributed by atoms with Gasteiger partial charge < -0.3 is 64.2 Å². The van der Waals surface area contributed by atoms with E-state index in [1.54, 1.807) is 0 Å². The molecule has 2 fully saturated rings. The van der Waals surface area contributed by atoms with Gasteiger partial charge in [0.15, 0.2) is 12.6 Å². The van der Waals surface area contributed by atoms with Gasteiger partial charge in [0.05, 0.1) is 26.4 Å². The zero-order valence-corrected chi connectivity index (χ0v) is 41.4. The summed E-state index contributed by atoms with van der Waals surface area (Å²) in [5.74, 6) is -0.393. The van der Waals surface area contributed by atoms with Crippen molar-refractivity contribution in [1.82, 2.24) is 0 Å². The van der Waals surface area contributed by atoms with Gasteiger partial charge in [-0.15, -0.1) is 0 Å². The van der Waals surface area contributed by atoms with Gasteiger partial charge in [0.1, 0.15) is 54.9 Å². The van der Waals surface area contributed by atoms with Gasteiger partial charge in [0.2, 0.25) is 0 Å². The topological polar surface area (TPSA) is 214 Å². The first-order valence-electron chi connectivity index (χ1n) is 26.2. The number of aliphatic hydroxyl groups excluding tert-OH is 7. The molecule has 0 bridgehead atoms. The fourth-order valence-corrected chi connectivity index (χ4v) is 8.00. The highest BCUT2D eigenvalue weighted by atomic mass is 16.7. The van der Waals surface area contributed by atoms with Crippen LogP contribution in [-0.4, -0.2) is 142 Å². The van der Waals surface area contributed by atoms with Crippen LogP contribution in [-0.2, 0) is 33.2 Å². The van der Waals surface area contributed by atoms with Gasteiger partial charge in [-0.05, 0) is 70.6 Å². The summed E-state index contributed by atoms with van der Waals surface area (Å²) in [5.41, 5.74) is 0. The van der Waals surface area contributed by atoms with Gasteiger partial charge >= 0.3 is 5.97 Å². The minimum Gasteiger partial charge on any atom is -0.457 e. The van der Waals surface area contributed by atoms with E-state index in [-0.39, 0.29) is 19.6 Å². The Morgan fingerprint density at radius 3 is 1.49 bits per heavy atom. The van der Waals surface area contributed by atoms with E-state index in [1.165, 1.54) is 83.5 Å². The summed E-state index contributed by atoms with van der Waals surface area (Å²) >= 11 is 0. The largest absolute Gasteiger partial charge is 0.457 e. The molecule has 67 heavy (non-hydrogen) atoms. The molecular weight excluding hydrogens is 861 g/mol. The smallest absolute Gasteiger partial charge is 0.306 e. The average molecular weight is 955 g/mol. The van der Waals surface area contributed by atoms with Crippen LogP contribution < -0.4 is 0 Å². The lowest BCUT2D eigenvalue weighted by atomic mass is 9.98. The highest BCUT2D eigenvalue weighted by Gasteiger charge is 2.47. The van der Waals surface area contributed by atoms with E-state index in [4.69, 9.17) is 28.4 Å². The lowest BCUT2D eigenvalue weighted by Crippen LogP contribution is -2.61. The highest BCUT2D eigenvalue weighted by molar-refractivity contribution is 5.69. The molecule has 0 aromatic rings. The van der Waals surface area contributed by atoms with Gasteiger partial charge in [-0.25, -0.2) is 0 Å². The third-order valence-corrected chi connectivity index (χ3v) is 12.3. The van der Waals surface area contributed by atoms with E-state index in [1.807, 2.05) is 0 Å². The second-order valence-corrected chi connectivity index (χ2v) is 18.3. The quantitative estimate of drug-likeness (QED) is 0.0176. The number of unbranched alkanes of at least 4 members (excludes halogenated alkanes) is 19. The Morgan fingerprint density at radius 1 is 0.493 bits per heavy atom. The van der Waals surface area contributed by atoms with Crippen LogP contribution in [0, 0.1) is 0 Å². The lowest BCUT2D eigenvalue weighted by Gasteiger charge is -2.42. The van der Waals surface area contributed by atoms with Crippen LogP contribution in [0.3, 0.4) is 0 Å². The SMILES string of the molecule is CCC/C=C\C/C=C\CCCCCCCC(=O)OC(COCCCCCCCCCCCC/C=C\C/C=C\CCCCC)COC1OC(COC2OC(CO)C(O)C(O)C2O)C(O)C(O)C1O. The summed E-state index contributed by atoms with van der Waals surface area (Å²) < 4.78 is 34.3. The molecule has 14 nitrogen and oxygen atoms in total. The zero-order chi connectivity index (χ0) is 48.7. The van der Waals surface area contributed by atoms with E-state index in [0.29, 0.717) is 13.0 Å². The van der Waals surface area contributed by atoms with Gasteiger partial charge in [-0.1, -0.05) is 152 Å². The number of allylic oxidation sites excluding steroid dienone is 8. The van der Waals surface area contributed by atoms with E-state index >= 15 is 0 Å². The van der Waals surface area contributed by atoms with Crippen molar-refractivity contribution in [2.45, 2.75) is 248 Å². The molecule has 7 N–H and O–H groups in total. The Balaban J connectivity index is 1.75. The van der Waals surface area contributed by atoms with Crippen molar-refractivity contribution in [1.29, 1.82) is 0 Å². The molecule has 0 spiro atoms. The molecule has 0 radical (unpaired) electrons. The van der Waals surface area contributed by atoms with Crippen LogP contribution in [0.2, 0.25) is 0 Å². The number of ether oxygens (including phenoxy) is 6. The molecule has 2 rings (SSSR count). The molecule has 11 atom stereocenters. The van der Waals surface area contributed by atoms with Crippen LogP contribution in [0.15, 0.2) is 48.6 Å². The second-order valence-electron chi connectivity index (χ2n) is 18.3. The molecule has 2 saturated heterocycles. The van der Waals surface area contributed by atoms with Crippen LogP contribution >= 0.6 is 0 Å². The lowest BCUT2D eigenvalue weighted by molar-refractivity contribution is -0.332. The van der Waals surface area contributed by atoms with E-state index in [9.17, 15) is 40.5 Å². The van der Waals surface area contributed by atoms with Crippen molar-refractivity contribution < 1.29 is 69.0 Å². The van der Waals surface area contributed by atoms with Gasteiger partial charge in [-0.2, -0.15) is 0 Å². The van der Waals surface area contributed by atoms with Crippen LogP contribution in [0.5, 0.6) is 0 Å². The number of hydrogen-bond acceptors (Lipinski definition) is 14. The second kappa shape index (κ2) is 40.7. The fourth-order valence-electron chi connectivity index (χ4n) is 8.00. The summed E-state index contributed by atoms with van der Waals surface area (Å²) in [7, 11) is 0. The first-order valence-corrected chi connectivity index (χ1v) is 26.2. The molecule has 390 valence electrons. The van der Waals surface area contributed by atoms with Crippen molar-refractivity contribution in [3.63, 3.8) is 0 Å². The number of aliphatic hydroxyl groups is 7. The molecular formula is C53H94O14. The van der Waals surface area contributed by atoms with Gasteiger partial charge in [0.25, 0.3) is 0 Å². The average Bonchev–Trinajstić information content (AvgIpc) is 3.32. The maximum atomic E-state index is 13.0. The number of carbonyl (C=O) groups is 1. The molecule has 2 aliphatic heterocycles. The monoisotopic (exact) mass is 955 g/mol. The predicted octanol–water partition coefficient (Wildman–Crippen LogP) is 7.96. The summed E-state index contributed by atoms with van der Waals surface area (Å²) in [6.07, 6.45) is 30.3. The maximum absolute atomic E-state index is 13.0. The zero-order valence-electron chi connectivity index (χ0n) is 41.4. The minimum atomic E-state index is -1.71. The highest BCUT2D eigenvalue weighted by Crippen LogP contribution is 2.26. The number of rotatable bonds is 41. The summed E-state index contributed by atoms with van der Waals surface area (Å²) in [6, 6.07) is 0. The Labute approximate surface area is 403 Å². The first-order chi connectivity index (χ1) is 32.6. The molecule has 0 aromatic heterocycles. The van der Waals surface area contributed by atoms with Crippen LogP contribution in [0.1, 0.15) is 181 Å². The molecule has 0 aliphatic carbocycles. The van der Waals surface area contributed by atoms with E-state index in [2.05, 4.69) is 62.5 Å². The van der Waals surface area contributed by atoms with Crippen molar-refractivity contribution in [2.24, 2.45) is 0 Å². The van der Waals surface area contributed by atoms with Gasteiger partial charge in [-0.3, -0.25) is 4.79 Å². The maximum Gasteiger partial charge on any atom is 0.306 e. The fraction of sp³-hybridized carbons (Fsp3) is 0.830. The summed E-state index contributed by atoms with van der Waals surface area (Å²) in [5, 5.41) is 72.1.